The van der Waals surface area contributed by atoms with E-state index in [1.807, 2.05) is 4.90 Å². The molecule has 0 radical (unpaired) electrons. The third kappa shape index (κ3) is 4.10. The number of aromatic nitrogens is 1. The number of pyridine rings is 1. The predicted octanol–water partition coefficient (Wildman–Crippen LogP) is 1.19. The smallest absolute Gasteiger partial charge is 0.258 e. The Kier molecular flexibility index (Phi) is 5.53. The summed E-state index contributed by atoms with van der Waals surface area (Å²) < 4.78 is 11.3. The number of rotatable bonds is 4. The van der Waals surface area contributed by atoms with Gasteiger partial charge in [0, 0.05) is 52.4 Å². The quantitative estimate of drug-likeness (QED) is 0.818. The van der Waals surface area contributed by atoms with Crippen LogP contribution in [0.3, 0.4) is 0 Å². The minimum absolute atomic E-state index is 0.0632. The van der Waals surface area contributed by atoms with Crippen LogP contribution in [-0.2, 0) is 9.53 Å². The minimum Gasteiger partial charge on any atom is -0.472 e. The van der Waals surface area contributed by atoms with E-state index in [9.17, 15) is 9.59 Å². The van der Waals surface area contributed by atoms with Gasteiger partial charge < -0.3 is 19.3 Å². The van der Waals surface area contributed by atoms with Crippen LogP contribution < -0.4 is 4.74 Å². The summed E-state index contributed by atoms with van der Waals surface area (Å²) in [5, 5.41) is 0. The van der Waals surface area contributed by atoms with Crippen molar-refractivity contribution in [2.45, 2.75) is 25.4 Å². The van der Waals surface area contributed by atoms with E-state index in [2.05, 4.69) is 4.98 Å². The van der Waals surface area contributed by atoms with E-state index in [1.165, 1.54) is 4.90 Å². The molecule has 1 unspecified atom stereocenters. The number of nitrogens with zero attached hydrogens (tertiary/aromatic N) is 3. The zero-order valence-electron chi connectivity index (χ0n) is 14.8. The summed E-state index contributed by atoms with van der Waals surface area (Å²) >= 11 is 0. The van der Waals surface area contributed by atoms with E-state index >= 15 is 0 Å². The molecule has 3 rings (SSSR count). The van der Waals surface area contributed by atoms with Crippen molar-refractivity contribution in [1.29, 1.82) is 0 Å². The topological polar surface area (TPSA) is 72.0 Å². The molecule has 0 N–H and O–H groups in total. The Labute approximate surface area is 147 Å². The maximum Gasteiger partial charge on any atom is 0.258 e. The summed E-state index contributed by atoms with van der Waals surface area (Å²) in [7, 11) is 3.39. The molecule has 0 spiro atoms. The largest absolute Gasteiger partial charge is 0.472 e. The van der Waals surface area contributed by atoms with Gasteiger partial charge in [0.2, 0.25) is 11.8 Å². The molecular weight excluding hydrogens is 322 g/mol. The molecule has 2 aliphatic rings. The Balaban J connectivity index is 1.62. The van der Waals surface area contributed by atoms with Crippen LogP contribution in [0.25, 0.3) is 0 Å². The lowest BCUT2D eigenvalue weighted by molar-refractivity contribution is -0.137. The lowest BCUT2D eigenvalue weighted by atomic mass is 9.99. The number of hydrogen-bond donors (Lipinski definition) is 0. The molecule has 2 fully saturated rings. The number of amides is 2. The van der Waals surface area contributed by atoms with Crippen molar-refractivity contribution in [2.75, 3.05) is 40.4 Å². The second-order valence-corrected chi connectivity index (χ2v) is 6.76. The summed E-state index contributed by atoms with van der Waals surface area (Å²) in [6, 6.07) is 3.43. The number of hydrogen-bond acceptors (Lipinski definition) is 5. The molecule has 7 heteroatoms. The van der Waals surface area contributed by atoms with Crippen LogP contribution in [0.4, 0.5) is 0 Å². The van der Waals surface area contributed by atoms with Gasteiger partial charge in [-0.15, -0.1) is 0 Å². The van der Waals surface area contributed by atoms with Crippen LogP contribution in [0, 0.1) is 5.92 Å². The molecule has 0 aliphatic carbocycles. The average molecular weight is 347 g/mol. The van der Waals surface area contributed by atoms with Crippen molar-refractivity contribution >= 4 is 11.8 Å². The van der Waals surface area contributed by atoms with Gasteiger partial charge in [0.1, 0.15) is 11.7 Å². The van der Waals surface area contributed by atoms with E-state index < -0.39 is 0 Å². The summed E-state index contributed by atoms with van der Waals surface area (Å²) in [5.41, 5.74) is 0.446. The highest BCUT2D eigenvalue weighted by atomic mass is 16.5. The number of carbonyl (C=O) groups is 2. The van der Waals surface area contributed by atoms with Gasteiger partial charge in [-0.1, -0.05) is 0 Å². The number of likely N-dealkylation sites (tertiary alicyclic amines) is 1. The molecule has 0 bridgehead atoms. The maximum atomic E-state index is 12.6. The lowest BCUT2D eigenvalue weighted by Gasteiger charge is -2.26. The third-order valence-corrected chi connectivity index (χ3v) is 4.71. The van der Waals surface area contributed by atoms with Gasteiger partial charge in [0.05, 0.1) is 6.54 Å². The molecule has 0 saturated carbocycles. The van der Waals surface area contributed by atoms with Crippen molar-refractivity contribution < 1.29 is 19.1 Å². The van der Waals surface area contributed by atoms with Crippen LogP contribution in [0.2, 0.25) is 0 Å². The molecule has 7 nitrogen and oxygen atoms in total. The fraction of sp³-hybridized carbons (Fsp3) is 0.611. The van der Waals surface area contributed by atoms with E-state index in [0.29, 0.717) is 37.7 Å². The summed E-state index contributed by atoms with van der Waals surface area (Å²) in [4.78, 5) is 32.4. The van der Waals surface area contributed by atoms with Crippen molar-refractivity contribution in [3.8, 4) is 5.88 Å². The average Bonchev–Trinajstić information content (AvgIpc) is 3.10. The zero-order valence-corrected chi connectivity index (χ0v) is 14.8. The fourth-order valence-electron chi connectivity index (χ4n) is 3.27. The highest BCUT2D eigenvalue weighted by Crippen LogP contribution is 2.24. The number of carbonyl (C=O) groups excluding carboxylic acids is 2. The first-order valence-electron chi connectivity index (χ1n) is 8.76. The van der Waals surface area contributed by atoms with Crippen molar-refractivity contribution in [1.82, 2.24) is 14.8 Å². The Morgan fingerprint density at radius 1 is 1.28 bits per heavy atom. The van der Waals surface area contributed by atoms with Crippen molar-refractivity contribution in [2.24, 2.45) is 5.92 Å². The van der Waals surface area contributed by atoms with Gasteiger partial charge in [-0.25, -0.2) is 4.98 Å². The van der Waals surface area contributed by atoms with Crippen LogP contribution in [-0.4, -0.2) is 73.1 Å². The Morgan fingerprint density at radius 3 is 2.76 bits per heavy atom. The highest BCUT2D eigenvalue weighted by Gasteiger charge is 2.33. The first kappa shape index (κ1) is 17.7. The van der Waals surface area contributed by atoms with Gasteiger partial charge >= 0.3 is 0 Å². The molecular formula is C18H25N3O4. The second-order valence-electron chi connectivity index (χ2n) is 6.76. The summed E-state index contributed by atoms with van der Waals surface area (Å²) in [5.74, 6) is 0.455. The minimum atomic E-state index is -0.142. The van der Waals surface area contributed by atoms with Crippen LogP contribution in [0.5, 0.6) is 5.88 Å². The molecule has 2 aliphatic heterocycles. The van der Waals surface area contributed by atoms with E-state index in [0.717, 1.165) is 19.3 Å². The summed E-state index contributed by atoms with van der Waals surface area (Å²) in [6.45, 7) is 2.55. The SMILES string of the molecule is CN(C)C(=O)c1cccnc1OC1CCN(C(=O)C2CCOCC2)C1. The molecule has 2 amide bonds. The Hall–Kier alpha value is -2.15. The monoisotopic (exact) mass is 347 g/mol. The van der Waals surface area contributed by atoms with Crippen LogP contribution in [0.1, 0.15) is 29.6 Å². The van der Waals surface area contributed by atoms with Gasteiger partial charge in [-0.3, -0.25) is 9.59 Å². The van der Waals surface area contributed by atoms with Crippen molar-refractivity contribution in [3.05, 3.63) is 23.9 Å². The molecule has 1 aromatic rings. The molecule has 1 atom stereocenters. The van der Waals surface area contributed by atoms with Gasteiger partial charge in [-0.2, -0.15) is 0 Å². The lowest BCUT2D eigenvalue weighted by Crippen LogP contribution is -2.38. The fourth-order valence-corrected chi connectivity index (χ4v) is 3.27. The van der Waals surface area contributed by atoms with Crippen LogP contribution >= 0.6 is 0 Å². The molecule has 0 aromatic carbocycles. The molecule has 3 heterocycles. The predicted molar refractivity (Wildman–Crippen MR) is 91.4 cm³/mol. The van der Waals surface area contributed by atoms with Gasteiger partial charge in [0.15, 0.2) is 0 Å². The van der Waals surface area contributed by atoms with Crippen molar-refractivity contribution in [3.63, 3.8) is 0 Å². The number of ether oxygens (including phenoxy) is 2. The molecule has 1 aromatic heterocycles. The third-order valence-electron chi connectivity index (χ3n) is 4.71. The summed E-state index contributed by atoms with van der Waals surface area (Å²) in [6.07, 6.45) is 3.82. The molecule has 25 heavy (non-hydrogen) atoms. The molecule has 2 saturated heterocycles. The normalized spacial score (nSPS) is 21.2. The van der Waals surface area contributed by atoms with Gasteiger partial charge in [0.25, 0.3) is 5.91 Å². The van der Waals surface area contributed by atoms with Crippen LogP contribution in [0.15, 0.2) is 18.3 Å². The maximum absolute atomic E-state index is 12.6. The second kappa shape index (κ2) is 7.82. The van der Waals surface area contributed by atoms with Gasteiger partial charge in [-0.05, 0) is 25.0 Å². The van der Waals surface area contributed by atoms with E-state index in [4.69, 9.17) is 9.47 Å². The first-order chi connectivity index (χ1) is 12.1. The first-order valence-corrected chi connectivity index (χ1v) is 8.76. The Morgan fingerprint density at radius 2 is 2.04 bits per heavy atom. The Bertz CT molecular complexity index is 629. The standard InChI is InChI=1S/C18H25N3O4/c1-20(2)18(23)15-4-3-8-19-16(15)25-14-5-9-21(12-14)17(22)13-6-10-24-11-7-13/h3-4,8,13-14H,5-7,9-12H2,1-2H3. The molecule has 136 valence electrons. The zero-order chi connectivity index (χ0) is 17.8. The van der Waals surface area contributed by atoms with E-state index in [-0.39, 0.29) is 23.8 Å². The highest BCUT2D eigenvalue weighted by molar-refractivity contribution is 5.96. The van der Waals surface area contributed by atoms with E-state index in [1.54, 1.807) is 32.4 Å².